The van der Waals surface area contributed by atoms with E-state index in [1.54, 1.807) is 0 Å². The predicted octanol–water partition coefficient (Wildman–Crippen LogP) is 4.60. The lowest BCUT2D eigenvalue weighted by molar-refractivity contribution is -0.135. The Labute approximate surface area is 106 Å². The van der Waals surface area contributed by atoms with Gasteiger partial charge in [0.05, 0.1) is 0 Å². The number of carbonyl (C=O) groups excluding carboxylic acids is 1. The number of ketones is 1. The molecule has 1 heteroatoms. The van der Waals surface area contributed by atoms with Gasteiger partial charge in [-0.3, -0.25) is 4.79 Å². The molecular weight excluding hydrogens is 208 g/mol. The van der Waals surface area contributed by atoms with E-state index in [9.17, 15) is 4.79 Å². The summed E-state index contributed by atoms with van der Waals surface area (Å²) in [5.41, 5.74) is 0.242. The third kappa shape index (κ3) is 2.74. The summed E-state index contributed by atoms with van der Waals surface area (Å²) >= 11 is 0. The Morgan fingerprint density at radius 3 is 2.24 bits per heavy atom. The van der Waals surface area contributed by atoms with Crippen molar-refractivity contribution in [2.45, 2.75) is 72.1 Å². The van der Waals surface area contributed by atoms with Crippen LogP contribution in [0.25, 0.3) is 0 Å². The minimum absolute atomic E-state index is 0.242. The fourth-order valence-corrected chi connectivity index (χ4v) is 4.28. The zero-order valence-corrected chi connectivity index (χ0v) is 11.8. The first-order chi connectivity index (χ1) is 8.02. The lowest BCUT2D eigenvalue weighted by Crippen LogP contribution is -2.42. The van der Waals surface area contributed by atoms with E-state index < -0.39 is 0 Å². The molecule has 2 fully saturated rings. The van der Waals surface area contributed by atoms with E-state index in [1.165, 1.54) is 38.5 Å². The Balaban J connectivity index is 2.09. The zero-order valence-electron chi connectivity index (χ0n) is 11.8. The Kier molecular flexibility index (Phi) is 3.95. The van der Waals surface area contributed by atoms with Crippen molar-refractivity contribution in [1.82, 2.24) is 0 Å². The van der Waals surface area contributed by atoms with Gasteiger partial charge in [-0.2, -0.15) is 0 Å². The number of rotatable bonds is 2. The van der Waals surface area contributed by atoms with Crippen molar-refractivity contribution in [2.24, 2.45) is 23.2 Å². The van der Waals surface area contributed by atoms with Crippen molar-refractivity contribution in [3.8, 4) is 0 Å². The van der Waals surface area contributed by atoms with Crippen LogP contribution in [0.2, 0.25) is 0 Å². The highest BCUT2D eigenvalue weighted by molar-refractivity contribution is 5.84. The molecular formula is C16H28O. The van der Waals surface area contributed by atoms with Crippen LogP contribution in [-0.4, -0.2) is 5.78 Å². The maximum absolute atomic E-state index is 12.8. The van der Waals surface area contributed by atoms with Crippen molar-refractivity contribution >= 4 is 5.78 Å². The SMILES string of the molecule is C[C@H]1CCCC(C)(C)[C@@H]1C(=O)C1CCCCC1. The normalized spacial score (nSPS) is 34.5. The Bertz CT molecular complexity index is 273. The molecule has 17 heavy (non-hydrogen) atoms. The van der Waals surface area contributed by atoms with Crippen LogP contribution >= 0.6 is 0 Å². The number of Topliss-reactive ketones (excluding diaryl/α,β-unsaturated/α-hetero) is 1. The van der Waals surface area contributed by atoms with Crippen molar-refractivity contribution in [3.05, 3.63) is 0 Å². The number of hydrogen-bond donors (Lipinski definition) is 0. The molecule has 2 saturated carbocycles. The van der Waals surface area contributed by atoms with E-state index in [0.717, 1.165) is 12.8 Å². The number of hydrogen-bond acceptors (Lipinski definition) is 1. The largest absolute Gasteiger partial charge is 0.299 e. The molecule has 0 amide bonds. The van der Waals surface area contributed by atoms with Gasteiger partial charge in [-0.15, -0.1) is 0 Å². The molecule has 0 aromatic heterocycles. The first kappa shape index (κ1) is 13.1. The van der Waals surface area contributed by atoms with Crippen LogP contribution < -0.4 is 0 Å². The average molecular weight is 236 g/mol. The minimum atomic E-state index is 0.242. The molecule has 2 rings (SSSR count). The summed E-state index contributed by atoms with van der Waals surface area (Å²) in [7, 11) is 0. The second-order valence-electron chi connectivity index (χ2n) is 7.07. The molecule has 0 saturated heterocycles. The predicted molar refractivity (Wildman–Crippen MR) is 71.9 cm³/mol. The molecule has 0 radical (unpaired) electrons. The average Bonchev–Trinajstić information content (AvgIpc) is 2.28. The maximum Gasteiger partial charge on any atom is 0.139 e. The van der Waals surface area contributed by atoms with Crippen molar-refractivity contribution in [1.29, 1.82) is 0 Å². The van der Waals surface area contributed by atoms with Crippen LogP contribution in [0, 0.1) is 23.2 Å². The van der Waals surface area contributed by atoms with Crippen LogP contribution in [-0.2, 0) is 4.79 Å². The van der Waals surface area contributed by atoms with Crippen LogP contribution in [0.5, 0.6) is 0 Å². The quantitative estimate of drug-likeness (QED) is 0.685. The Hall–Kier alpha value is -0.330. The minimum Gasteiger partial charge on any atom is -0.299 e. The van der Waals surface area contributed by atoms with Gasteiger partial charge in [0.15, 0.2) is 0 Å². The van der Waals surface area contributed by atoms with Gasteiger partial charge in [-0.25, -0.2) is 0 Å². The van der Waals surface area contributed by atoms with Gasteiger partial charge in [-0.05, 0) is 37.0 Å². The Morgan fingerprint density at radius 1 is 1.00 bits per heavy atom. The molecule has 0 N–H and O–H groups in total. The summed E-state index contributed by atoms with van der Waals surface area (Å²) < 4.78 is 0. The zero-order chi connectivity index (χ0) is 12.5. The van der Waals surface area contributed by atoms with E-state index in [2.05, 4.69) is 20.8 Å². The van der Waals surface area contributed by atoms with Crippen LogP contribution in [0.3, 0.4) is 0 Å². The summed E-state index contributed by atoms with van der Waals surface area (Å²) in [5, 5.41) is 0. The summed E-state index contributed by atoms with van der Waals surface area (Å²) in [6.07, 6.45) is 10.0. The molecule has 0 aromatic rings. The second kappa shape index (κ2) is 5.12. The highest BCUT2D eigenvalue weighted by Crippen LogP contribution is 2.46. The second-order valence-corrected chi connectivity index (χ2v) is 7.07. The molecule has 0 aliphatic heterocycles. The van der Waals surface area contributed by atoms with Gasteiger partial charge in [0.2, 0.25) is 0 Å². The van der Waals surface area contributed by atoms with Gasteiger partial charge in [-0.1, -0.05) is 46.5 Å². The molecule has 0 spiro atoms. The van der Waals surface area contributed by atoms with Crippen LogP contribution in [0.15, 0.2) is 0 Å². The molecule has 0 heterocycles. The van der Waals surface area contributed by atoms with Crippen molar-refractivity contribution in [3.63, 3.8) is 0 Å². The highest BCUT2D eigenvalue weighted by Gasteiger charge is 2.43. The fourth-order valence-electron chi connectivity index (χ4n) is 4.28. The summed E-state index contributed by atoms with van der Waals surface area (Å²) in [5.74, 6) is 1.95. The van der Waals surface area contributed by atoms with E-state index in [1.807, 2.05) is 0 Å². The van der Waals surface area contributed by atoms with E-state index in [4.69, 9.17) is 0 Å². The van der Waals surface area contributed by atoms with Crippen LogP contribution in [0.4, 0.5) is 0 Å². The molecule has 0 bridgehead atoms. The van der Waals surface area contributed by atoms with Gasteiger partial charge >= 0.3 is 0 Å². The molecule has 2 aliphatic carbocycles. The summed E-state index contributed by atoms with van der Waals surface area (Å²) in [6.45, 7) is 6.93. The van der Waals surface area contributed by atoms with Gasteiger partial charge in [0, 0.05) is 11.8 Å². The molecule has 98 valence electrons. The lowest BCUT2D eigenvalue weighted by atomic mass is 9.60. The standard InChI is InChI=1S/C16H28O/c1-12-8-7-11-16(2,3)14(12)15(17)13-9-5-4-6-10-13/h12-14H,4-11H2,1-3H3/t12-,14-/m0/s1. The molecule has 1 nitrogen and oxygen atoms in total. The summed E-state index contributed by atoms with van der Waals surface area (Å²) in [6, 6.07) is 0. The summed E-state index contributed by atoms with van der Waals surface area (Å²) in [4.78, 5) is 12.8. The number of carbonyl (C=O) groups is 1. The lowest BCUT2D eigenvalue weighted by Gasteiger charge is -2.43. The molecule has 0 unspecified atom stereocenters. The van der Waals surface area contributed by atoms with Crippen molar-refractivity contribution in [2.75, 3.05) is 0 Å². The van der Waals surface area contributed by atoms with Gasteiger partial charge < -0.3 is 0 Å². The third-order valence-corrected chi connectivity index (χ3v) is 5.21. The first-order valence-electron chi connectivity index (χ1n) is 7.56. The maximum atomic E-state index is 12.8. The molecule has 2 atom stereocenters. The topological polar surface area (TPSA) is 17.1 Å². The molecule has 0 aromatic carbocycles. The van der Waals surface area contributed by atoms with Crippen LogP contribution in [0.1, 0.15) is 72.1 Å². The smallest absolute Gasteiger partial charge is 0.139 e. The van der Waals surface area contributed by atoms with Crippen molar-refractivity contribution < 1.29 is 4.79 Å². The monoisotopic (exact) mass is 236 g/mol. The first-order valence-corrected chi connectivity index (χ1v) is 7.56. The fraction of sp³-hybridized carbons (Fsp3) is 0.938. The van der Waals surface area contributed by atoms with E-state index >= 15 is 0 Å². The van der Waals surface area contributed by atoms with Gasteiger partial charge in [0.25, 0.3) is 0 Å². The highest BCUT2D eigenvalue weighted by atomic mass is 16.1. The van der Waals surface area contributed by atoms with E-state index in [-0.39, 0.29) is 5.41 Å². The third-order valence-electron chi connectivity index (χ3n) is 5.21. The van der Waals surface area contributed by atoms with E-state index in [0.29, 0.717) is 23.5 Å². The molecule has 2 aliphatic rings. The Morgan fingerprint density at radius 2 is 1.65 bits per heavy atom. The van der Waals surface area contributed by atoms with Gasteiger partial charge in [0.1, 0.15) is 5.78 Å².